The van der Waals surface area contributed by atoms with E-state index in [1.165, 1.54) is 0 Å². The Balaban J connectivity index is 1.82. The van der Waals surface area contributed by atoms with E-state index < -0.39 is 0 Å². The van der Waals surface area contributed by atoms with Crippen molar-refractivity contribution in [2.24, 2.45) is 5.73 Å². The second-order valence-electron chi connectivity index (χ2n) is 3.84. The fourth-order valence-electron chi connectivity index (χ4n) is 1.77. The van der Waals surface area contributed by atoms with E-state index in [2.05, 4.69) is 10.1 Å². The molecule has 2 N–H and O–H groups in total. The molecule has 0 saturated heterocycles. The Morgan fingerprint density at radius 2 is 2.39 bits per heavy atom. The van der Waals surface area contributed by atoms with Crippen molar-refractivity contribution in [3.05, 3.63) is 47.5 Å². The summed E-state index contributed by atoms with van der Waals surface area (Å²) in [5, 5.41) is 6.08. The predicted octanol–water partition coefficient (Wildman–Crippen LogP) is 2.11. The molecule has 3 aromatic heterocycles. The minimum absolute atomic E-state index is 0.419. The number of nitrogens with two attached hydrogens (primary N) is 1. The molecule has 0 fully saturated rings. The standard InChI is InChI=1S/C12H12N4OS/c13-7-12-14-3-4-16(12)8-9-6-10(17-15-9)11-2-1-5-18-11/h1-6H,7-8,13H2. The van der Waals surface area contributed by atoms with Gasteiger partial charge in [0.2, 0.25) is 0 Å². The molecule has 0 radical (unpaired) electrons. The first-order valence-electron chi connectivity index (χ1n) is 5.56. The van der Waals surface area contributed by atoms with Crippen LogP contribution in [0.5, 0.6) is 0 Å². The van der Waals surface area contributed by atoms with Gasteiger partial charge < -0.3 is 14.8 Å². The summed E-state index contributed by atoms with van der Waals surface area (Å²) in [5.41, 5.74) is 6.47. The molecule has 5 nitrogen and oxygen atoms in total. The molecule has 18 heavy (non-hydrogen) atoms. The average molecular weight is 260 g/mol. The van der Waals surface area contributed by atoms with Gasteiger partial charge in [0.25, 0.3) is 0 Å². The van der Waals surface area contributed by atoms with Gasteiger partial charge in [-0.2, -0.15) is 0 Å². The Bertz CT molecular complexity index is 626. The zero-order valence-corrected chi connectivity index (χ0v) is 10.4. The first kappa shape index (κ1) is 11.2. The Morgan fingerprint density at radius 3 is 3.17 bits per heavy atom. The molecular formula is C12H12N4OS. The molecular weight excluding hydrogens is 248 g/mol. The molecule has 3 aromatic rings. The summed E-state index contributed by atoms with van der Waals surface area (Å²) in [6.45, 7) is 1.05. The lowest BCUT2D eigenvalue weighted by Gasteiger charge is -2.02. The molecule has 0 bridgehead atoms. The molecule has 6 heteroatoms. The number of rotatable bonds is 4. The van der Waals surface area contributed by atoms with Crippen LogP contribution in [0.15, 0.2) is 40.5 Å². The van der Waals surface area contributed by atoms with Crippen LogP contribution >= 0.6 is 11.3 Å². The maximum Gasteiger partial charge on any atom is 0.177 e. The topological polar surface area (TPSA) is 69.9 Å². The molecule has 0 saturated carbocycles. The summed E-state index contributed by atoms with van der Waals surface area (Å²) >= 11 is 1.63. The first-order chi connectivity index (χ1) is 8.86. The molecule has 0 spiro atoms. The molecule has 0 amide bonds. The van der Waals surface area contributed by atoms with Crippen molar-refractivity contribution in [1.82, 2.24) is 14.7 Å². The summed E-state index contributed by atoms with van der Waals surface area (Å²) in [6.07, 6.45) is 3.63. The summed E-state index contributed by atoms with van der Waals surface area (Å²) in [5.74, 6) is 1.64. The first-order valence-corrected chi connectivity index (χ1v) is 6.44. The van der Waals surface area contributed by atoms with E-state index >= 15 is 0 Å². The van der Waals surface area contributed by atoms with Crippen LogP contribution in [0.4, 0.5) is 0 Å². The lowest BCUT2D eigenvalue weighted by atomic mass is 10.3. The highest BCUT2D eigenvalue weighted by Gasteiger charge is 2.09. The van der Waals surface area contributed by atoms with Gasteiger partial charge in [-0.3, -0.25) is 0 Å². The fourth-order valence-corrected chi connectivity index (χ4v) is 2.44. The number of aromatic nitrogens is 3. The zero-order valence-electron chi connectivity index (χ0n) is 9.61. The second kappa shape index (κ2) is 4.75. The van der Waals surface area contributed by atoms with E-state index in [0.717, 1.165) is 22.2 Å². The SMILES string of the molecule is NCc1nccn1Cc1cc(-c2cccs2)on1. The molecule has 3 heterocycles. The zero-order chi connectivity index (χ0) is 12.4. The van der Waals surface area contributed by atoms with Crippen molar-refractivity contribution in [3.63, 3.8) is 0 Å². The van der Waals surface area contributed by atoms with Gasteiger partial charge in [0.05, 0.1) is 18.0 Å². The number of hydrogen-bond donors (Lipinski definition) is 1. The van der Waals surface area contributed by atoms with Crippen LogP contribution in [0.3, 0.4) is 0 Å². The van der Waals surface area contributed by atoms with Crippen molar-refractivity contribution in [2.45, 2.75) is 13.1 Å². The van der Waals surface area contributed by atoms with Gasteiger partial charge >= 0.3 is 0 Å². The number of thiophene rings is 1. The van der Waals surface area contributed by atoms with E-state index in [4.69, 9.17) is 10.3 Å². The van der Waals surface area contributed by atoms with Crippen LogP contribution in [0.25, 0.3) is 10.6 Å². The lowest BCUT2D eigenvalue weighted by molar-refractivity contribution is 0.421. The normalized spacial score (nSPS) is 10.9. The highest BCUT2D eigenvalue weighted by atomic mass is 32.1. The van der Waals surface area contributed by atoms with Gasteiger partial charge in [-0.05, 0) is 11.4 Å². The Morgan fingerprint density at radius 1 is 1.44 bits per heavy atom. The van der Waals surface area contributed by atoms with Gasteiger partial charge in [-0.25, -0.2) is 4.98 Å². The van der Waals surface area contributed by atoms with Gasteiger partial charge in [0.1, 0.15) is 11.5 Å². The minimum atomic E-state index is 0.419. The van der Waals surface area contributed by atoms with Gasteiger partial charge in [-0.1, -0.05) is 11.2 Å². The van der Waals surface area contributed by atoms with Crippen LogP contribution in [0.2, 0.25) is 0 Å². The Kier molecular flexibility index (Phi) is 2.95. The van der Waals surface area contributed by atoms with Crippen LogP contribution in [-0.4, -0.2) is 14.7 Å². The molecule has 0 aliphatic heterocycles. The van der Waals surface area contributed by atoms with Crippen LogP contribution in [-0.2, 0) is 13.1 Å². The molecule has 3 rings (SSSR count). The molecule has 0 atom stereocenters. The smallest absolute Gasteiger partial charge is 0.177 e. The second-order valence-corrected chi connectivity index (χ2v) is 4.78. The highest BCUT2D eigenvalue weighted by Crippen LogP contribution is 2.25. The van der Waals surface area contributed by atoms with E-state index in [9.17, 15) is 0 Å². The quantitative estimate of drug-likeness (QED) is 0.780. The van der Waals surface area contributed by atoms with E-state index in [1.54, 1.807) is 17.5 Å². The monoisotopic (exact) mass is 260 g/mol. The third-order valence-corrected chi connectivity index (χ3v) is 3.52. The summed E-state index contributed by atoms with van der Waals surface area (Å²) in [7, 11) is 0. The van der Waals surface area contributed by atoms with Crippen molar-refractivity contribution in [2.75, 3.05) is 0 Å². The lowest BCUT2D eigenvalue weighted by Crippen LogP contribution is -2.08. The van der Waals surface area contributed by atoms with Gasteiger partial charge in [0.15, 0.2) is 5.76 Å². The number of imidazole rings is 1. The van der Waals surface area contributed by atoms with E-state index in [1.807, 2.05) is 34.3 Å². The van der Waals surface area contributed by atoms with Crippen LogP contribution in [0.1, 0.15) is 11.5 Å². The average Bonchev–Trinajstić information content (AvgIpc) is 3.10. The van der Waals surface area contributed by atoms with Crippen LogP contribution < -0.4 is 5.73 Å². The summed E-state index contributed by atoms with van der Waals surface area (Å²) < 4.78 is 7.30. The predicted molar refractivity (Wildman–Crippen MR) is 69.0 cm³/mol. The highest BCUT2D eigenvalue weighted by molar-refractivity contribution is 7.13. The maximum atomic E-state index is 5.61. The third-order valence-electron chi connectivity index (χ3n) is 2.64. The number of hydrogen-bond acceptors (Lipinski definition) is 5. The van der Waals surface area contributed by atoms with E-state index in [0.29, 0.717) is 13.1 Å². The molecule has 0 aliphatic rings. The van der Waals surface area contributed by atoms with E-state index in [-0.39, 0.29) is 0 Å². The molecule has 0 unspecified atom stereocenters. The third kappa shape index (κ3) is 2.07. The Labute approximate surface area is 108 Å². The maximum absolute atomic E-state index is 5.61. The molecule has 0 aliphatic carbocycles. The minimum Gasteiger partial charge on any atom is -0.355 e. The van der Waals surface area contributed by atoms with Crippen molar-refractivity contribution >= 4 is 11.3 Å². The van der Waals surface area contributed by atoms with Crippen molar-refractivity contribution < 1.29 is 4.52 Å². The fraction of sp³-hybridized carbons (Fsp3) is 0.167. The summed E-state index contributed by atoms with van der Waals surface area (Å²) in [6, 6.07) is 5.95. The largest absolute Gasteiger partial charge is 0.355 e. The van der Waals surface area contributed by atoms with Crippen LogP contribution in [0, 0.1) is 0 Å². The van der Waals surface area contributed by atoms with Gasteiger partial charge in [-0.15, -0.1) is 11.3 Å². The molecule has 0 aromatic carbocycles. The number of nitrogens with zero attached hydrogens (tertiary/aromatic N) is 3. The van der Waals surface area contributed by atoms with Gasteiger partial charge in [0, 0.05) is 18.5 Å². The summed E-state index contributed by atoms with van der Waals surface area (Å²) in [4.78, 5) is 5.25. The Hall–Kier alpha value is -1.92. The molecule has 92 valence electrons. The van der Waals surface area contributed by atoms with Crippen molar-refractivity contribution in [3.8, 4) is 10.6 Å². The van der Waals surface area contributed by atoms with Crippen molar-refractivity contribution in [1.29, 1.82) is 0 Å².